The molecule has 1 aliphatic rings. The van der Waals surface area contributed by atoms with E-state index >= 15 is 0 Å². The fourth-order valence-electron chi connectivity index (χ4n) is 3.87. The van der Waals surface area contributed by atoms with Crippen LogP contribution in [-0.4, -0.2) is 60.1 Å². The molecule has 0 bridgehead atoms. The molecule has 1 amide bonds. The normalized spacial score (nSPS) is 14.9. The zero-order valence-corrected chi connectivity index (χ0v) is 18.0. The van der Waals surface area contributed by atoms with Crippen LogP contribution in [0.4, 0.5) is 4.39 Å². The van der Waals surface area contributed by atoms with Crippen molar-refractivity contribution in [2.75, 3.05) is 39.4 Å². The lowest BCUT2D eigenvalue weighted by Crippen LogP contribution is -2.39. The number of aryl methyl sites for hydroxylation is 1. The Balaban J connectivity index is 1.54. The van der Waals surface area contributed by atoms with Gasteiger partial charge in [-0.1, -0.05) is 6.07 Å². The van der Waals surface area contributed by atoms with Gasteiger partial charge in [-0.15, -0.1) is 11.3 Å². The van der Waals surface area contributed by atoms with Crippen LogP contribution in [-0.2, 0) is 11.3 Å². The van der Waals surface area contributed by atoms with Crippen molar-refractivity contribution in [2.45, 2.75) is 19.9 Å². The number of hydrogen-bond acceptors (Lipinski definition) is 5. The van der Waals surface area contributed by atoms with Crippen LogP contribution in [0.1, 0.15) is 27.2 Å². The number of fused-ring (bicyclic) bond motifs is 1. The van der Waals surface area contributed by atoms with Crippen LogP contribution in [0.2, 0.25) is 0 Å². The second-order valence-electron chi connectivity index (χ2n) is 7.56. The first kappa shape index (κ1) is 20.9. The Morgan fingerprint density at radius 3 is 2.73 bits per heavy atom. The predicted molar refractivity (Wildman–Crippen MR) is 117 cm³/mol. The lowest BCUT2D eigenvalue weighted by atomic mass is 10.1. The van der Waals surface area contributed by atoms with Crippen molar-refractivity contribution in [3.63, 3.8) is 0 Å². The summed E-state index contributed by atoms with van der Waals surface area (Å²) in [5, 5.41) is 0.558. The van der Waals surface area contributed by atoms with Gasteiger partial charge in [-0.3, -0.25) is 14.7 Å². The average molecular weight is 428 g/mol. The molecule has 1 aromatic carbocycles. The molecule has 3 heterocycles. The van der Waals surface area contributed by atoms with Crippen LogP contribution in [0.15, 0.2) is 42.7 Å². The van der Waals surface area contributed by atoms with E-state index in [0.29, 0.717) is 23.4 Å². The highest BCUT2D eigenvalue weighted by Crippen LogP contribution is 2.33. The lowest BCUT2D eigenvalue weighted by Gasteiger charge is -2.28. The fourth-order valence-corrected chi connectivity index (χ4v) is 5.06. The number of thiophene rings is 1. The third kappa shape index (κ3) is 4.69. The smallest absolute Gasteiger partial charge is 0.264 e. The number of morpholine rings is 1. The molecule has 7 heteroatoms. The van der Waals surface area contributed by atoms with Gasteiger partial charge in [0.2, 0.25) is 0 Å². The molecule has 0 atom stereocenters. The zero-order chi connectivity index (χ0) is 20.9. The average Bonchev–Trinajstić information content (AvgIpc) is 3.12. The molecule has 0 spiro atoms. The van der Waals surface area contributed by atoms with Gasteiger partial charge in [0.25, 0.3) is 5.91 Å². The Hall–Kier alpha value is -2.35. The molecule has 5 nitrogen and oxygen atoms in total. The minimum Gasteiger partial charge on any atom is -0.379 e. The van der Waals surface area contributed by atoms with Crippen molar-refractivity contribution in [1.82, 2.24) is 14.8 Å². The maximum atomic E-state index is 14.3. The molecule has 1 aliphatic heterocycles. The van der Waals surface area contributed by atoms with Crippen molar-refractivity contribution in [1.29, 1.82) is 0 Å². The van der Waals surface area contributed by atoms with Gasteiger partial charge in [0.15, 0.2) is 0 Å². The van der Waals surface area contributed by atoms with Crippen molar-refractivity contribution < 1.29 is 13.9 Å². The van der Waals surface area contributed by atoms with E-state index in [1.54, 1.807) is 18.5 Å². The van der Waals surface area contributed by atoms with Crippen LogP contribution in [0.3, 0.4) is 0 Å². The van der Waals surface area contributed by atoms with Gasteiger partial charge < -0.3 is 9.64 Å². The molecule has 0 N–H and O–H groups in total. The van der Waals surface area contributed by atoms with Gasteiger partial charge in [-0.05, 0) is 48.7 Å². The molecule has 30 heavy (non-hydrogen) atoms. The molecule has 0 aliphatic carbocycles. The Kier molecular flexibility index (Phi) is 6.72. The minimum absolute atomic E-state index is 0.0353. The maximum Gasteiger partial charge on any atom is 0.264 e. The quantitative estimate of drug-likeness (QED) is 0.569. The number of nitrogens with zero attached hydrogens (tertiary/aromatic N) is 3. The number of benzene rings is 1. The fraction of sp³-hybridized carbons (Fsp3) is 0.391. The van der Waals surface area contributed by atoms with Crippen molar-refractivity contribution in [2.24, 2.45) is 0 Å². The van der Waals surface area contributed by atoms with Crippen molar-refractivity contribution in [3.05, 3.63) is 64.5 Å². The van der Waals surface area contributed by atoms with E-state index in [9.17, 15) is 9.18 Å². The number of aromatic nitrogens is 1. The summed E-state index contributed by atoms with van der Waals surface area (Å²) in [4.78, 5) is 22.4. The largest absolute Gasteiger partial charge is 0.379 e. The molecule has 1 saturated heterocycles. The summed E-state index contributed by atoms with van der Waals surface area (Å²) in [6, 6.07) is 8.88. The Morgan fingerprint density at radius 2 is 2.00 bits per heavy atom. The number of hydrogen-bond donors (Lipinski definition) is 0. The minimum atomic E-state index is -0.270. The van der Waals surface area contributed by atoms with E-state index in [1.165, 1.54) is 17.4 Å². The SMILES string of the molecule is Cc1c(C(=O)N(CCCN2CCOCC2)Cc2ccncc2)sc2cccc(F)c12. The van der Waals surface area contributed by atoms with E-state index in [1.807, 2.05) is 30.0 Å². The Morgan fingerprint density at radius 1 is 1.23 bits per heavy atom. The van der Waals surface area contributed by atoms with Crippen LogP contribution in [0.5, 0.6) is 0 Å². The molecule has 2 aromatic heterocycles. The lowest BCUT2D eigenvalue weighted by molar-refractivity contribution is 0.0356. The Bertz CT molecular complexity index is 1000. The summed E-state index contributed by atoms with van der Waals surface area (Å²) in [5.74, 6) is -0.305. The highest BCUT2D eigenvalue weighted by atomic mass is 32.1. The van der Waals surface area contributed by atoms with E-state index < -0.39 is 0 Å². The number of halogens is 1. The first-order chi connectivity index (χ1) is 14.6. The molecule has 4 rings (SSSR count). The topological polar surface area (TPSA) is 45.7 Å². The molecule has 1 fully saturated rings. The van der Waals surface area contributed by atoms with Crippen LogP contribution in [0, 0.1) is 12.7 Å². The summed E-state index contributed by atoms with van der Waals surface area (Å²) < 4.78 is 20.6. The standard InChI is InChI=1S/C23H26FN3O2S/c1-17-21-19(24)4-2-5-20(21)30-22(17)23(28)27(16-18-6-8-25-9-7-18)11-3-10-26-12-14-29-15-13-26/h2,4-9H,3,10-16H2,1H3. The molecule has 0 saturated carbocycles. The number of carbonyl (C=O) groups excluding carboxylic acids is 1. The predicted octanol–water partition coefficient (Wildman–Crippen LogP) is 4.11. The summed E-state index contributed by atoms with van der Waals surface area (Å²) in [7, 11) is 0. The van der Waals surface area contributed by atoms with E-state index in [-0.39, 0.29) is 11.7 Å². The molecule has 0 radical (unpaired) electrons. The number of ether oxygens (including phenoxy) is 1. The van der Waals surface area contributed by atoms with Crippen LogP contribution >= 0.6 is 11.3 Å². The highest BCUT2D eigenvalue weighted by Gasteiger charge is 2.23. The first-order valence-electron chi connectivity index (χ1n) is 10.3. The molecule has 0 unspecified atom stereocenters. The van der Waals surface area contributed by atoms with Gasteiger partial charge in [0, 0.05) is 55.2 Å². The van der Waals surface area contributed by atoms with E-state index in [4.69, 9.17) is 4.74 Å². The number of pyridine rings is 1. The van der Waals surface area contributed by atoms with Crippen LogP contribution < -0.4 is 0 Å². The third-order valence-electron chi connectivity index (χ3n) is 5.51. The van der Waals surface area contributed by atoms with Crippen molar-refractivity contribution in [3.8, 4) is 0 Å². The van der Waals surface area contributed by atoms with Gasteiger partial charge >= 0.3 is 0 Å². The van der Waals surface area contributed by atoms with E-state index in [2.05, 4.69) is 9.88 Å². The van der Waals surface area contributed by atoms with E-state index in [0.717, 1.165) is 55.1 Å². The second-order valence-corrected chi connectivity index (χ2v) is 8.61. The monoisotopic (exact) mass is 427 g/mol. The van der Waals surface area contributed by atoms with Crippen molar-refractivity contribution >= 4 is 27.3 Å². The zero-order valence-electron chi connectivity index (χ0n) is 17.1. The van der Waals surface area contributed by atoms with Crippen LogP contribution in [0.25, 0.3) is 10.1 Å². The highest BCUT2D eigenvalue weighted by molar-refractivity contribution is 7.21. The molecular weight excluding hydrogens is 401 g/mol. The molecular formula is C23H26FN3O2S. The summed E-state index contributed by atoms with van der Waals surface area (Å²) >= 11 is 1.38. The molecule has 158 valence electrons. The number of carbonyl (C=O) groups is 1. The maximum absolute atomic E-state index is 14.3. The van der Waals surface area contributed by atoms with Gasteiger partial charge in [-0.2, -0.15) is 0 Å². The summed E-state index contributed by atoms with van der Waals surface area (Å²) in [5.41, 5.74) is 1.76. The number of amides is 1. The third-order valence-corrected chi connectivity index (χ3v) is 6.76. The van der Waals surface area contributed by atoms with Gasteiger partial charge in [-0.25, -0.2) is 4.39 Å². The van der Waals surface area contributed by atoms with Gasteiger partial charge in [0.05, 0.1) is 18.1 Å². The second kappa shape index (κ2) is 9.64. The summed E-state index contributed by atoms with van der Waals surface area (Å²) in [6.45, 7) is 7.35. The summed E-state index contributed by atoms with van der Waals surface area (Å²) in [6.07, 6.45) is 4.37. The first-order valence-corrected chi connectivity index (χ1v) is 11.1. The molecule has 3 aromatic rings. The number of rotatable bonds is 7. The van der Waals surface area contributed by atoms with Gasteiger partial charge in [0.1, 0.15) is 5.82 Å². The Labute approximate surface area is 180 Å².